The fraction of sp³-hybridized carbons (Fsp3) is 0.429. The van der Waals surface area contributed by atoms with Gasteiger partial charge in [0.2, 0.25) is 5.91 Å². The van der Waals surface area contributed by atoms with Gasteiger partial charge in [0, 0.05) is 24.7 Å². The van der Waals surface area contributed by atoms with Crippen molar-refractivity contribution < 1.29 is 19.8 Å². The van der Waals surface area contributed by atoms with E-state index in [1.54, 1.807) is 18.2 Å². The number of phenols is 1. The molecule has 1 aliphatic heterocycles. The zero-order chi connectivity index (χ0) is 14.7. The Morgan fingerprint density at radius 3 is 2.85 bits per heavy atom. The lowest BCUT2D eigenvalue weighted by Crippen LogP contribution is -2.56. The molecule has 1 aromatic carbocycles. The van der Waals surface area contributed by atoms with E-state index in [0.29, 0.717) is 18.7 Å². The molecule has 6 heteroatoms. The van der Waals surface area contributed by atoms with Crippen molar-refractivity contribution in [2.24, 2.45) is 0 Å². The number of piperazine rings is 1. The van der Waals surface area contributed by atoms with E-state index in [0.717, 1.165) is 0 Å². The van der Waals surface area contributed by atoms with Crippen LogP contribution in [-0.2, 0) is 9.59 Å². The summed E-state index contributed by atoms with van der Waals surface area (Å²) in [6.45, 7) is 2.90. The monoisotopic (exact) mass is 278 g/mol. The molecule has 0 aliphatic carbocycles. The number of aromatic hydroxyl groups is 1. The number of carbonyl (C=O) groups is 2. The first-order valence-corrected chi connectivity index (χ1v) is 6.54. The number of phenolic OH excluding ortho intramolecular Hbond substituents is 1. The smallest absolute Gasteiger partial charge is 0.305 e. The molecule has 1 aromatic rings. The first kappa shape index (κ1) is 14.3. The molecule has 2 unspecified atom stereocenters. The largest absolute Gasteiger partial charge is 0.508 e. The highest BCUT2D eigenvalue weighted by Gasteiger charge is 2.35. The number of hydrogen-bond donors (Lipinski definition) is 3. The van der Waals surface area contributed by atoms with Crippen molar-refractivity contribution in [3.05, 3.63) is 29.8 Å². The van der Waals surface area contributed by atoms with Crippen molar-refractivity contribution in [1.82, 2.24) is 10.2 Å². The molecule has 0 spiro atoms. The Labute approximate surface area is 117 Å². The molecule has 1 aliphatic rings. The molecule has 2 atom stereocenters. The highest BCUT2D eigenvalue weighted by atomic mass is 16.4. The summed E-state index contributed by atoms with van der Waals surface area (Å²) in [5.41, 5.74) is 0.692. The molecule has 1 heterocycles. The summed E-state index contributed by atoms with van der Waals surface area (Å²) in [4.78, 5) is 24.6. The predicted octanol–water partition coefficient (Wildman–Crippen LogP) is 0.728. The predicted molar refractivity (Wildman–Crippen MR) is 72.3 cm³/mol. The van der Waals surface area contributed by atoms with Gasteiger partial charge >= 0.3 is 5.97 Å². The Hall–Kier alpha value is -2.08. The Balaban J connectivity index is 2.25. The minimum Gasteiger partial charge on any atom is -0.508 e. The van der Waals surface area contributed by atoms with Crippen LogP contribution in [0.15, 0.2) is 24.3 Å². The van der Waals surface area contributed by atoms with Gasteiger partial charge in [-0.2, -0.15) is 0 Å². The van der Waals surface area contributed by atoms with Crippen LogP contribution in [0.5, 0.6) is 5.75 Å². The second kappa shape index (κ2) is 5.92. The molecule has 20 heavy (non-hydrogen) atoms. The fourth-order valence-corrected chi connectivity index (χ4v) is 2.59. The van der Waals surface area contributed by atoms with Gasteiger partial charge in [-0.15, -0.1) is 0 Å². The molecule has 0 aromatic heterocycles. The fourth-order valence-electron chi connectivity index (χ4n) is 2.59. The minimum absolute atomic E-state index is 0.153. The molecule has 6 nitrogen and oxygen atoms in total. The molecular weight excluding hydrogens is 260 g/mol. The second-order valence-corrected chi connectivity index (χ2v) is 4.88. The standard InChI is InChI=1S/C14H18N2O4/c1-9(10-4-2-3-5-12(10)17)16-7-6-15-14(20)11(16)8-13(18)19/h2-5,9,11,17H,6-8H2,1H3,(H,15,20)(H,18,19). The third-order valence-electron chi connectivity index (χ3n) is 3.62. The van der Waals surface area contributed by atoms with Gasteiger partial charge in [-0.05, 0) is 13.0 Å². The number of para-hydroxylation sites is 1. The first-order valence-electron chi connectivity index (χ1n) is 6.54. The minimum atomic E-state index is -1.01. The topological polar surface area (TPSA) is 89.9 Å². The maximum atomic E-state index is 11.9. The number of rotatable bonds is 4. The third-order valence-corrected chi connectivity index (χ3v) is 3.62. The van der Waals surface area contributed by atoms with Crippen molar-refractivity contribution in [3.8, 4) is 5.75 Å². The average molecular weight is 278 g/mol. The molecule has 0 saturated carbocycles. The number of hydrogen-bond acceptors (Lipinski definition) is 4. The molecule has 2 rings (SSSR count). The summed E-state index contributed by atoms with van der Waals surface area (Å²) in [6, 6.07) is 5.96. The average Bonchev–Trinajstić information content (AvgIpc) is 2.40. The number of carbonyl (C=O) groups excluding carboxylic acids is 1. The number of nitrogens with one attached hydrogen (secondary N) is 1. The van der Waals surface area contributed by atoms with E-state index in [4.69, 9.17) is 5.11 Å². The van der Waals surface area contributed by atoms with E-state index in [1.807, 2.05) is 17.9 Å². The molecular formula is C14H18N2O4. The maximum Gasteiger partial charge on any atom is 0.305 e. The lowest BCUT2D eigenvalue weighted by molar-refractivity contribution is -0.143. The third kappa shape index (κ3) is 2.91. The number of amides is 1. The van der Waals surface area contributed by atoms with Crippen molar-refractivity contribution >= 4 is 11.9 Å². The van der Waals surface area contributed by atoms with Crippen LogP contribution < -0.4 is 5.32 Å². The zero-order valence-corrected chi connectivity index (χ0v) is 11.2. The number of carboxylic acid groups (broad SMARTS) is 1. The summed E-state index contributed by atoms with van der Waals surface area (Å²) < 4.78 is 0. The summed E-state index contributed by atoms with van der Waals surface area (Å²) in [5, 5.41) is 21.5. The van der Waals surface area contributed by atoms with Gasteiger partial charge in [0.15, 0.2) is 0 Å². The molecule has 108 valence electrons. The van der Waals surface area contributed by atoms with Gasteiger partial charge in [0.05, 0.1) is 6.42 Å². The zero-order valence-electron chi connectivity index (χ0n) is 11.2. The molecule has 1 amide bonds. The van der Waals surface area contributed by atoms with Crippen LogP contribution in [0.25, 0.3) is 0 Å². The van der Waals surface area contributed by atoms with Gasteiger partial charge in [-0.3, -0.25) is 14.5 Å². The highest BCUT2D eigenvalue weighted by molar-refractivity contribution is 5.86. The van der Waals surface area contributed by atoms with Crippen LogP contribution in [-0.4, -0.2) is 46.1 Å². The van der Waals surface area contributed by atoms with Gasteiger partial charge in [-0.25, -0.2) is 0 Å². The Morgan fingerprint density at radius 1 is 1.50 bits per heavy atom. The van der Waals surface area contributed by atoms with E-state index < -0.39 is 12.0 Å². The van der Waals surface area contributed by atoms with E-state index in [-0.39, 0.29) is 24.1 Å². The van der Waals surface area contributed by atoms with Gasteiger partial charge in [0.25, 0.3) is 0 Å². The van der Waals surface area contributed by atoms with E-state index in [9.17, 15) is 14.7 Å². The van der Waals surface area contributed by atoms with Crippen LogP contribution >= 0.6 is 0 Å². The lowest BCUT2D eigenvalue weighted by Gasteiger charge is -2.38. The van der Waals surface area contributed by atoms with Gasteiger partial charge in [-0.1, -0.05) is 18.2 Å². The van der Waals surface area contributed by atoms with Gasteiger partial charge in [0.1, 0.15) is 11.8 Å². The maximum absolute atomic E-state index is 11.9. The molecule has 1 saturated heterocycles. The van der Waals surface area contributed by atoms with Crippen LogP contribution in [0.3, 0.4) is 0 Å². The quantitative estimate of drug-likeness (QED) is 0.755. The van der Waals surface area contributed by atoms with Crippen LogP contribution in [0.4, 0.5) is 0 Å². The summed E-state index contributed by atoms with van der Waals surface area (Å²) in [7, 11) is 0. The Morgan fingerprint density at radius 2 is 2.20 bits per heavy atom. The van der Waals surface area contributed by atoms with Crippen molar-refractivity contribution in [2.75, 3.05) is 13.1 Å². The SMILES string of the molecule is CC(c1ccccc1O)N1CCNC(=O)C1CC(=O)O. The van der Waals surface area contributed by atoms with Gasteiger partial charge < -0.3 is 15.5 Å². The number of benzene rings is 1. The normalized spacial score (nSPS) is 21.2. The summed E-state index contributed by atoms with van der Waals surface area (Å²) in [5.74, 6) is -1.14. The molecule has 1 fully saturated rings. The first-order chi connectivity index (χ1) is 9.50. The second-order valence-electron chi connectivity index (χ2n) is 4.88. The summed E-state index contributed by atoms with van der Waals surface area (Å²) in [6.07, 6.45) is -0.246. The number of carboxylic acids is 1. The molecule has 0 bridgehead atoms. The molecule has 3 N–H and O–H groups in total. The van der Waals surface area contributed by atoms with E-state index in [2.05, 4.69) is 5.32 Å². The summed E-state index contributed by atoms with van der Waals surface area (Å²) >= 11 is 0. The van der Waals surface area contributed by atoms with Crippen LogP contribution in [0, 0.1) is 0 Å². The Kier molecular flexibility index (Phi) is 4.24. The molecule has 0 radical (unpaired) electrons. The lowest BCUT2D eigenvalue weighted by atomic mass is 10.0. The van der Waals surface area contributed by atoms with Crippen LogP contribution in [0.2, 0.25) is 0 Å². The van der Waals surface area contributed by atoms with Crippen molar-refractivity contribution in [2.45, 2.75) is 25.4 Å². The van der Waals surface area contributed by atoms with Crippen molar-refractivity contribution in [1.29, 1.82) is 0 Å². The Bertz CT molecular complexity index is 518. The van der Waals surface area contributed by atoms with E-state index >= 15 is 0 Å². The van der Waals surface area contributed by atoms with Crippen molar-refractivity contribution in [3.63, 3.8) is 0 Å². The number of nitrogens with zero attached hydrogens (tertiary/aromatic N) is 1. The van der Waals surface area contributed by atoms with E-state index in [1.165, 1.54) is 0 Å². The number of aliphatic carboxylic acids is 1. The van der Waals surface area contributed by atoms with Crippen LogP contribution in [0.1, 0.15) is 24.9 Å². The highest BCUT2D eigenvalue weighted by Crippen LogP contribution is 2.30.